The van der Waals surface area contributed by atoms with E-state index in [-0.39, 0.29) is 12.6 Å². The smallest absolute Gasteiger partial charge is 0.321 e. The minimum absolute atomic E-state index is 0.0197. The number of anilines is 1. The van der Waals surface area contributed by atoms with E-state index >= 15 is 0 Å². The highest BCUT2D eigenvalue weighted by Crippen LogP contribution is 2.14. The SMILES string of the molecule is CCN(CCO)C(=O)Nc1cc(C)cc(C)c1. The normalized spacial score (nSPS) is 10.1. The van der Waals surface area contributed by atoms with Crippen LogP contribution in [0.25, 0.3) is 0 Å². The van der Waals surface area contributed by atoms with E-state index in [1.54, 1.807) is 4.90 Å². The summed E-state index contributed by atoms with van der Waals surface area (Å²) in [7, 11) is 0. The summed E-state index contributed by atoms with van der Waals surface area (Å²) in [4.78, 5) is 13.4. The summed E-state index contributed by atoms with van der Waals surface area (Å²) in [6.07, 6.45) is 0. The van der Waals surface area contributed by atoms with Gasteiger partial charge in [0.05, 0.1) is 6.61 Å². The van der Waals surface area contributed by atoms with Crippen molar-refractivity contribution in [2.24, 2.45) is 0 Å². The Kier molecular flexibility index (Phi) is 4.97. The van der Waals surface area contributed by atoms with Gasteiger partial charge in [-0.05, 0) is 44.0 Å². The van der Waals surface area contributed by atoms with E-state index < -0.39 is 0 Å². The van der Waals surface area contributed by atoms with Crippen LogP contribution in [0.3, 0.4) is 0 Å². The molecule has 0 aliphatic rings. The Morgan fingerprint density at radius 1 is 1.29 bits per heavy atom. The Hall–Kier alpha value is -1.55. The molecule has 0 atom stereocenters. The Balaban J connectivity index is 2.72. The lowest BCUT2D eigenvalue weighted by atomic mass is 10.1. The zero-order chi connectivity index (χ0) is 12.8. The van der Waals surface area contributed by atoms with E-state index in [1.165, 1.54) is 0 Å². The lowest BCUT2D eigenvalue weighted by Crippen LogP contribution is -2.36. The second-order valence-corrected chi connectivity index (χ2v) is 4.11. The third-order valence-corrected chi connectivity index (χ3v) is 2.51. The fraction of sp³-hybridized carbons (Fsp3) is 0.462. The molecule has 94 valence electrons. The molecule has 1 rings (SSSR count). The number of hydrogen-bond donors (Lipinski definition) is 2. The molecule has 0 saturated heterocycles. The van der Waals surface area contributed by atoms with Gasteiger partial charge in [0.15, 0.2) is 0 Å². The number of aliphatic hydroxyl groups excluding tert-OH is 1. The van der Waals surface area contributed by atoms with Crippen LogP contribution in [-0.4, -0.2) is 35.7 Å². The number of urea groups is 1. The summed E-state index contributed by atoms with van der Waals surface area (Å²) >= 11 is 0. The molecule has 1 aromatic rings. The maximum Gasteiger partial charge on any atom is 0.321 e. The summed E-state index contributed by atoms with van der Waals surface area (Å²) in [5.74, 6) is 0. The van der Waals surface area contributed by atoms with E-state index in [9.17, 15) is 4.79 Å². The lowest BCUT2D eigenvalue weighted by Gasteiger charge is -2.20. The monoisotopic (exact) mass is 236 g/mol. The van der Waals surface area contributed by atoms with Crippen molar-refractivity contribution in [3.05, 3.63) is 29.3 Å². The molecule has 0 heterocycles. The van der Waals surface area contributed by atoms with Crippen LogP contribution >= 0.6 is 0 Å². The number of rotatable bonds is 4. The number of amides is 2. The predicted molar refractivity (Wildman–Crippen MR) is 69.3 cm³/mol. The number of nitrogens with zero attached hydrogens (tertiary/aromatic N) is 1. The van der Waals surface area contributed by atoms with Crippen LogP contribution in [0.5, 0.6) is 0 Å². The van der Waals surface area contributed by atoms with E-state index in [0.29, 0.717) is 13.1 Å². The molecule has 4 nitrogen and oxygen atoms in total. The van der Waals surface area contributed by atoms with Crippen molar-refractivity contribution < 1.29 is 9.90 Å². The fourth-order valence-electron chi connectivity index (χ4n) is 1.77. The van der Waals surface area contributed by atoms with Gasteiger partial charge < -0.3 is 15.3 Å². The van der Waals surface area contributed by atoms with Gasteiger partial charge in [-0.1, -0.05) is 6.07 Å². The highest BCUT2D eigenvalue weighted by molar-refractivity contribution is 5.89. The van der Waals surface area contributed by atoms with Crippen molar-refractivity contribution in [1.29, 1.82) is 0 Å². The molecule has 0 saturated carbocycles. The third-order valence-electron chi connectivity index (χ3n) is 2.51. The van der Waals surface area contributed by atoms with Crippen LogP contribution < -0.4 is 5.32 Å². The highest BCUT2D eigenvalue weighted by atomic mass is 16.3. The van der Waals surface area contributed by atoms with Gasteiger partial charge in [-0.2, -0.15) is 0 Å². The first-order valence-corrected chi connectivity index (χ1v) is 5.82. The second kappa shape index (κ2) is 6.25. The van der Waals surface area contributed by atoms with Crippen LogP contribution in [0.15, 0.2) is 18.2 Å². The number of hydrogen-bond acceptors (Lipinski definition) is 2. The minimum Gasteiger partial charge on any atom is -0.395 e. The predicted octanol–water partition coefficient (Wildman–Crippen LogP) is 2.15. The van der Waals surface area contributed by atoms with Crippen molar-refractivity contribution in [1.82, 2.24) is 4.90 Å². The van der Waals surface area contributed by atoms with Crippen molar-refractivity contribution in [2.75, 3.05) is 25.0 Å². The quantitative estimate of drug-likeness (QED) is 0.841. The van der Waals surface area contributed by atoms with Crippen LogP contribution in [0.4, 0.5) is 10.5 Å². The molecule has 0 spiro atoms. The van der Waals surface area contributed by atoms with Gasteiger partial charge in [0.2, 0.25) is 0 Å². The van der Waals surface area contributed by atoms with Crippen molar-refractivity contribution in [3.63, 3.8) is 0 Å². The molecule has 4 heteroatoms. The first-order chi connectivity index (χ1) is 8.06. The summed E-state index contributed by atoms with van der Waals surface area (Å²) in [6.45, 7) is 6.79. The average Bonchev–Trinajstić information content (AvgIpc) is 2.24. The molecular formula is C13H20N2O2. The lowest BCUT2D eigenvalue weighted by molar-refractivity contribution is 0.192. The highest BCUT2D eigenvalue weighted by Gasteiger charge is 2.10. The van der Waals surface area contributed by atoms with E-state index in [2.05, 4.69) is 11.4 Å². The molecule has 0 fully saturated rings. The molecule has 17 heavy (non-hydrogen) atoms. The molecule has 2 N–H and O–H groups in total. The molecular weight excluding hydrogens is 216 g/mol. The Morgan fingerprint density at radius 2 is 1.88 bits per heavy atom. The van der Waals surface area contributed by atoms with Crippen LogP contribution in [-0.2, 0) is 0 Å². The number of aliphatic hydroxyl groups is 1. The molecule has 0 bridgehead atoms. The zero-order valence-electron chi connectivity index (χ0n) is 10.7. The maximum absolute atomic E-state index is 11.9. The zero-order valence-corrected chi connectivity index (χ0v) is 10.7. The van der Waals surface area contributed by atoms with Crippen LogP contribution in [0, 0.1) is 13.8 Å². The van der Waals surface area contributed by atoms with Gasteiger partial charge >= 0.3 is 6.03 Å². The van der Waals surface area contributed by atoms with Crippen molar-refractivity contribution >= 4 is 11.7 Å². The number of carbonyl (C=O) groups is 1. The van der Waals surface area contributed by atoms with Crippen LogP contribution in [0.2, 0.25) is 0 Å². The second-order valence-electron chi connectivity index (χ2n) is 4.11. The summed E-state index contributed by atoms with van der Waals surface area (Å²) in [5, 5.41) is 11.7. The maximum atomic E-state index is 11.9. The minimum atomic E-state index is -0.174. The van der Waals surface area contributed by atoms with Gasteiger partial charge in [0.25, 0.3) is 0 Å². The Morgan fingerprint density at radius 3 is 2.35 bits per heavy atom. The molecule has 0 aliphatic heterocycles. The van der Waals surface area contributed by atoms with Gasteiger partial charge in [0, 0.05) is 18.8 Å². The van der Waals surface area contributed by atoms with Crippen LogP contribution in [0.1, 0.15) is 18.1 Å². The van der Waals surface area contributed by atoms with Crippen molar-refractivity contribution in [2.45, 2.75) is 20.8 Å². The van der Waals surface area contributed by atoms with Crippen molar-refractivity contribution in [3.8, 4) is 0 Å². The first kappa shape index (κ1) is 13.5. The third kappa shape index (κ3) is 4.07. The molecule has 0 unspecified atom stereocenters. The number of likely N-dealkylation sites (N-methyl/N-ethyl adjacent to an activating group) is 1. The van der Waals surface area contributed by atoms with E-state index in [4.69, 9.17) is 5.11 Å². The van der Waals surface area contributed by atoms with E-state index in [0.717, 1.165) is 16.8 Å². The summed E-state index contributed by atoms with van der Waals surface area (Å²) in [6, 6.07) is 5.74. The largest absolute Gasteiger partial charge is 0.395 e. The Bertz CT molecular complexity index is 371. The number of nitrogens with one attached hydrogen (secondary N) is 1. The average molecular weight is 236 g/mol. The van der Waals surface area contributed by atoms with Gasteiger partial charge in [-0.3, -0.25) is 0 Å². The fourth-order valence-corrected chi connectivity index (χ4v) is 1.77. The first-order valence-electron chi connectivity index (χ1n) is 5.82. The number of benzene rings is 1. The molecule has 0 aliphatic carbocycles. The van der Waals surface area contributed by atoms with Gasteiger partial charge in [-0.25, -0.2) is 4.79 Å². The summed E-state index contributed by atoms with van der Waals surface area (Å²) in [5.41, 5.74) is 3.03. The number of carbonyl (C=O) groups excluding carboxylic acids is 1. The van der Waals surface area contributed by atoms with E-state index in [1.807, 2.05) is 32.9 Å². The summed E-state index contributed by atoms with van der Waals surface area (Å²) < 4.78 is 0. The topological polar surface area (TPSA) is 52.6 Å². The van der Waals surface area contributed by atoms with Gasteiger partial charge in [0.1, 0.15) is 0 Å². The number of aryl methyl sites for hydroxylation is 2. The standard InChI is InChI=1S/C13H20N2O2/c1-4-15(5-6-16)13(17)14-12-8-10(2)7-11(3)9-12/h7-9,16H,4-6H2,1-3H3,(H,14,17). The molecule has 0 aromatic heterocycles. The van der Waals surface area contributed by atoms with Gasteiger partial charge in [-0.15, -0.1) is 0 Å². The molecule has 0 radical (unpaired) electrons. The molecule has 1 aromatic carbocycles. The Labute approximate surface area is 102 Å². The molecule has 2 amide bonds.